The number of aromatic nitrogens is 2. The Hall–Kier alpha value is -1.46. The minimum Gasteiger partial charge on any atom is -0.337 e. The molecule has 0 unspecified atom stereocenters. The van der Waals surface area contributed by atoms with E-state index in [1.54, 1.807) is 6.92 Å². The van der Waals surface area contributed by atoms with Gasteiger partial charge < -0.3 is 10.3 Å². The molecule has 0 bridgehead atoms. The van der Waals surface area contributed by atoms with Gasteiger partial charge in [-0.2, -0.15) is 4.98 Å². The van der Waals surface area contributed by atoms with Gasteiger partial charge in [0.15, 0.2) is 0 Å². The van der Waals surface area contributed by atoms with Crippen LogP contribution in [0, 0.1) is 5.82 Å². The van der Waals surface area contributed by atoms with Crippen molar-refractivity contribution in [3.05, 3.63) is 34.9 Å². The molecule has 0 spiro atoms. The van der Waals surface area contributed by atoms with E-state index in [0.717, 1.165) is 0 Å². The van der Waals surface area contributed by atoms with E-state index < -0.39 is 5.82 Å². The molecule has 1 aromatic heterocycles. The standard InChI is InChI=1S/C10H9ClFN3O/c1-5(13)10-14-9(15-16-10)6-2-3-8(12)7(11)4-6/h2-5H,13H2,1H3/t5-/m1/s1. The van der Waals surface area contributed by atoms with E-state index in [0.29, 0.717) is 17.3 Å². The molecule has 0 radical (unpaired) electrons. The molecule has 1 heterocycles. The van der Waals surface area contributed by atoms with Crippen molar-refractivity contribution in [2.45, 2.75) is 13.0 Å². The van der Waals surface area contributed by atoms with Crippen LogP contribution >= 0.6 is 11.6 Å². The second-order valence-electron chi connectivity index (χ2n) is 3.37. The lowest BCUT2D eigenvalue weighted by Crippen LogP contribution is -2.04. The van der Waals surface area contributed by atoms with Crippen molar-refractivity contribution >= 4 is 11.6 Å². The summed E-state index contributed by atoms with van der Waals surface area (Å²) in [7, 11) is 0. The fraction of sp³-hybridized carbons (Fsp3) is 0.200. The largest absolute Gasteiger partial charge is 0.337 e. The summed E-state index contributed by atoms with van der Waals surface area (Å²) in [4.78, 5) is 4.07. The zero-order chi connectivity index (χ0) is 11.7. The number of nitrogens with two attached hydrogens (primary N) is 1. The molecule has 0 fully saturated rings. The molecule has 1 aromatic carbocycles. The highest BCUT2D eigenvalue weighted by Crippen LogP contribution is 2.23. The third-order valence-corrected chi connectivity index (χ3v) is 2.30. The van der Waals surface area contributed by atoms with Gasteiger partial charge in [-0.15, -0.1) is 0 Å². The number of nitrogens with zero attached hydrogens (tertiary/aromatic N) is 2. The van der Waals surface area contributed by atoms with E-state index in [1.807, 2.05) is 0 Å². The molecular formula is C10H9ClFN3O. The van der Waals surface area contributed by atoms with Crippen molar-refractivity contribution in [2.75, 3.05) is 0 Å². The molecule has 0 saturated carbocycles. The van der Waals surface area contributed by atoms with Gasteiger partial charge in [0, 0.05) is 5.56 Å². The summed E-state index contributed by atoms with van der Waals surface area (Å²) in [6.45, 7) is 1.73. The molecule has 2 rings (SSSR count). The second kappa shape index (κ2) is 4.19. The summed E-state index contributed by atoms with van der Waals surface area (Å²) in [5.41, 5.74) is 6.16. The average Bonchev–Trinajstić information content (AvgIpc) is 2.71. The lowest BCUT2D eigenvalue weighted by molar-refractivity contribution is 0.362. The Morgan fingerprint density at radius 3 is 2.81 bits per heavy atom. The maximum absolute atomic E-state index is 12.9. The first-order valence-corrected chi connectivity index (χ1v) is 5.00. The molecule has 0 aliphatic rings. The van der Waals surface area contributed by atoms with Crippen LogP contribution in [0.4, 0.5) is 4.39 Å². The quantitative estimate of drug-likeness (QED) is 0.878. The molecule has 0 amide bonds. The normalized spacial score (nSPS) is 12.8. The van der Waals surface area contributed by atoms with Gasteiger partial charge in [-0.05, 0) is 25.1 Å². The maximum atomic E-state index is 12.9. The van der Waals surface area contributed by atoms with Crippen molar-refractivity contribution in [1.82, 2.24) is 10.1 Å². The van der Waals surface area contributed by atoms with E-state index in [4.69, 9.17) is 21.9 Å². The molecule has 16 heavy (non-hydrogen) atoms. The van der Waals surface area contributed by atoms with Crippen molar-refractivity contribution in [2.24, 2.45) is 5.73 Å². The Balaban J connectivity index is 2.39. The van der Waals surface area contributed by atoms with Crippen LogP contribution in [0.3, 0.4) is 0 Å². The minimum atomic E-state index is -0.485. The van der Waals surface area contributed by atoms with Crippen LogP contribution in [0.5, 0.6) is 0 Å². The molecule has 4 nitrogen and oxygen atoms in total. The Morgan fingerprint density at radius 2 is 2.25 bits per heavy atom. The van der Waals surface area contributed by atoms with E-state index in [9.17, 15) is 4.39 Å². The summed E-state index contributed by atoms with van der Waals surface area (Å²) in [5, 5.41) is 3.75. The van der Waals surface area contributed by atoms with Gasteiger partial charge in [0.25, 0.3) is 0 Å². The molecule has 0 aliphatic carbocycles. The van der Waals surface area contributed by atoms with Gasteiger partial charge in [-0.1, -0.05) is 16.8 Å². The van der Waals surface area contributed by atoms with E-state index >= 15 is 0 Å². The molecule has 0 saturated heterocycles. The second-order valence-corrected chi connectivity index (χ2v) is 3.78. The summed E-state index contributed by atoms with van der Waals surface area (Å²) >= 11 is 5.65. The molecular weight excluding hydrogens is 233 g/mol. The predicted octanol–water partition coefficient (Wildman–Crippen LogP) is 2.55. The van der Waals surface area contributed by atoms with Crippen LogP contribution in [0.1, 0.15) is 18.9 Å². The Labute approximate surface area is 96.2 Å². The Bertz CT molecular complexity index is 513. The molecule has 2 N–H and O–H groups in total. The van der Waals surface area contributed by atoms with Crippen molar-refractivity contribution < 1.29 is 8.91 Å². The fourth-order valence-electron chi connectivity index (χ4n) is 1.17. The van der Waals surface area contributed by atoms with E-state index in [-0.39, 0.29) is 11.1 Å². The highest BCUT2D eigenvalue weighted by atomic mass is 35.5. The summed E-state index contributed by atoms with van der Waals surface area (Å²) < 4.78 is 17.9. The molecule has 2 aromatic rings. The monoisotopic (exact) mass is 241 g/mol. The van der Waals surface area contributed by atoms with Crippen LogP contribution in [-0.4, -0.2) is 10.1 Å². The first kappa shape index (κ1) is 11.0. The van der Waals surface area contributed by atoms with Gasteiger partial charge in [-0.25, -0.2) is 4.39 Å². The van der Waals surface area contributed by atoms with Crippen LogP contribution < -0.4 is 5.73 Å². The number of rotatable bonds is 2. The molecule has 6 heteroatoms. The van der Waals surface area contributed by atoms with Gasteiger partial charge in [0.1, 0.15) is 5.82 Å². The zero-order valence-corrected chi connectivity index (χ0v) is 9.20. The van der Waals surface area contributed by atoms with Crippen LogP contribution in [0.25, 0.3) is 11.4 Å². The number of hydrogen-bond donors (Lipinski definition) is 1. The third-order valence-electron chi connectivity index (χ3n) is 2.01. The lowest BCUT2D eigenvalue weighted by Gasteiger charge is -1.96. The molecule has 0 aliphatic heterocycles. The number of hydrogen-bond acceptors (Lipinski definition) is 4. The third kappa shape index (κ3) is 2.05. The average molecular weight is 242 g/mol. The zero-order valence-electron chi connectivity index (χ0n) is 8.45. The summed E-state index contributed by atoms with van der Waals surface area (Å²) in [6, 6.07) is 3.88. The Kier molecular flexibility index (Phi) is 2.89. The van der Waals surface area contributed by atoms with Gasteiger partial charge in [0.2, 0.25) is 11.7 Å². The fourth-order valence-corrected chi connectivity index (χ4v) is 1.35. The Morgan fingerprint density at radius 1 is 1.50 bits per heavy atom. The summed E-state index contributed by atoms with van der Waals surface area (Å²) in [6.07, 6.45) is 0. The lowest BCUT2D eigenvalue weighted by atomic mass is 10.2. The van der Waals surface area contributed by atoms with Gasteiger partial charge >= 0.3 is 0 Å². The number of halogens is 2. The van der Waals surface area contributed by atoms with E-state index in [2.05, 4.69) is 10.1 Å². The smallest absolute Gasteiger partial charge is 0.243 e. The van der Waals surface area contributed by atoms with Crippen molar-refractivity contribution in [3.8, 4) is 11.4 Å². The van der Waals surface area contributed by atoms with E-state index in [1.165, 1.54) is 18.2 Å². The van der Waals surface area contributed by atoms with Crippen LogP contribution in [0.2, 0.25) is 5.02 Å². The van der Waals surface area contributed by atoms with Crippen molar-refractivity contribution in [3.63, 3.8) is 0 Å². The van der Waals surface area contributed by atoms with Crippen LogP contribution in [-0.2, 0) is 0 Å². The predicted molar refractivity (Wildman–Crippen MR) is 57.3 cm³/mol. The molecule has 1 atom stereocenters. The highest BCUT2D eigenvalue weighted by molar-refractivity contribution is 6.31. The maximum Gasteiger partial charge on any atom is 0.243 e. The minimum absolute atomic E-state index is 0.0182. The SMILES string of the molecule is C[C@@H](N)c1nc(-c2ccc(F)c(Cl)c2)no1. The first-order chi connectivity index (χ1) is 7.58. The highest BCUT2D eigenvalue weighted by Gasteiger charge is 2.12. The first-order valence-electron chi connectivity index (χ1n) is 4.62. The number of benzene rings is 1. The van der Waals surface area contributed by atoms with Crippen molar-refractivity contribution in [1.29, 1.82) is 0 Å². The molecule has 84 valence electrons. The van der Waals surface area contributed by atoms with Gasteiger partial charge in [0.05, 0.1) is 11.1 Å². The van der Waals surface area contributed by atoms with Gasteiger partial charge in [-0.3, -0.25) is 0 Å². The topological polar surface area (TPSA) is 64.9 Å². The summed E-state index contributed by atoms with van der Waals surface area (Å²) in [5.74, 6) is 0.186. The van der Waals surface area contributed by atoms with Crippen LogP contribution in [0.15, 0.2) is 22.7 Å².